The SMILES string of the molecule is NC1(CO)CCCC1.N[C@H]1CCCC[C@@H]1O. The average Bonchev–Trinajstić information content (AvgIpc) is 2.72. The zero-order chi connectivity index (χ0) is 12.0. The lowest BCUT2D eigenvalue weighted by Gasteiger charge is -2.23. The largest absolute Gasteiger partial charge is 0.394 e. The number of aliphatic hydroxyl groups is 2. The van der Waals surface area contributed by atoms with Gasteiger partial charge in [-0.25, -0.2) is 0 Å². The van der Waals surface area contributed by atoms with Crippen LogP contribution in [0.1, 0.15) is 51.4 Å². The van der Waals surface area contributed by atoms with E-state index in [4.69, 9.17) is 21.7 Å². The molecule has 0 aromatic carbocycles. The second-order valence-corrected chi connectivity index (χ2v) is 5.24. The van der Waals surface area contributed by atoms with Gasteiger partial charge in [0.15, 0.2) is 0 Å². The highest BCUT2D eigenvalue weighted by atomic mass is 16.3. The van der Waals surface area contributed by atoms with Gasteiger partial charge in [-0.05, 0) is 25.7 Å². The van der Waals surface area contributed by atoms with Crippen molar-refractivity contribution in [1.29, 1.82) is 0 Å². The first-order chi connectivity index (χ1) is 7.57. The van der Waals surface area contributed by atoms with Crippen LogP contribution in [0.5, 0.6) is 0 Å². The molecule has 0 spiro atoms. The van der Waals surface area contributed by atoms with Crippen molar-refractivity contribution in [3.8, 4) is 0 Å². The maximum atomic E-state index is 9.05. The van der Waals surface area contributed by atoms with E-state index >= 15 is 0 Å². The number of rotatable bonds is 1. The molecular formula is C12H26N2O2. The van der Waals surface area contributed by atoms with Gasteiger partial charge in [0.05, 0.1) is 12.7 Å². The van der Waals surface area contributed by atoms with E-state index in [1.165, 1.54) is 19.3 Å². The maximum absolute atomic E-state index is 9.05. The first-order valence-corrected chi connectivity index (χ1v) is 6.41. The minimum Gasteiger partial charge on any atom is -0.394 e. The smallest absolute Gasteiger partial charge is 0.0691 e. The zero-order valence-corrected chi connectivity index (χ0v) is 10.1. The Balaban J connectivity index is 0.000000160. The molecule has 16 heavy (non-hydrogen) atoms. The van der Waals surface area contributed by atoms with Gasteiger partial charge in [-0.15, -0.1) is 0 Å². The van der Waals surface area contributed by atoms with Crippen molar-refractivity contribution in [2.24, 2.45) is 11.5 Å². The third-order valence-corrected chi connectivity index (χ3v) is 3.70. The Hall–Kier alpha value is -0.160. The molecule has 0 aromatic heterocycles. The van der Waals surface area contributed by atoms with Crippen LogP contribution in [-0.2, 0) is 0 Å². The Bertz CT molecular complexity index is 183. The number of aliphatic hydroxyl groups excluding tert-OH is 2. The lowest BCUT2D eigenvalue weighted by Crippen LogP contribution is -2.40. The van der Waals surface area contributed by atoms with Crippen LogP contribution in [0.15, 0.2) is 0 Å². The fourth-order valence-electron chi connectivity index (χ4n) is 2.38. The van der Waals surface area contributed by atoms with E-state index in [1.807, 2.05) is 0 Å². The average molecular weight is 230 g/mol. The molecule has 0 radical (unpaired) electrons. The third-order valence-electron chi connectivity index (χ3n) is 3.70. The highest BCUT2D eigenvalue weighted by molar-refractivity contribution is 4.87. The fraction of sp³-hybridized carbons (Fsp3) is 1.00. The van der Waals surface area contributed by atoms with Gasteiger partial charge in [-0.3, -0.25) is 0 Å². The first-order valence-electron chi connectivity index (χ1n) is 6.41. The molecule has 0 amide bonds. The number of hydrogen-bond donors (Lipinski definition) is 4. The Kier molecular flexibility index (Phi) is 5.69. The summed E-state index contributed by atoms with van der Waals surface area (Å²) in [7, 11) is 0. The van der Waals surface area contributed by atoms with E-state index in [2.05, 4.69) is 0 Å². The maximum Gasteiger partial charge on any atom is 0.0691 e. The van der Waals surface area contributed by atoms with Crippen LogP contribution in [0.4, 0.5) is 0 Å². The number of nitrogens with two attached hydrogens (primary N) is 2. The van der Waals surface area contributed by atoms with Gasteiger partial charge in [0.25, 0.3) is 0 Å². The molecular weight excluding hydrogens is 204 g/mol. The van der Waals surface area contributed by atoms with Crippen molar-refractivity contribution < 1.29 is 10.2 Å². The normalized spacial score (nSPS) is 33.0. The van der Waals surface area contributed by atoms with Gasteiger partial charge in [-0.2, -0.15) is 0 Å². The molecule has 2 aliphatic carbocycles. The summed E-state index contributed by atoms with van der Waals surface area (Å²) in [6, 6.07) is 0.0590. The van der Waals surface area contributed by atoms with Crippen LogP contribution < -0.4 is 11.5 Å². The molecule has 6 N–H and O–H groups in total. The lowest BCUT2D eigenvalue weighted by atomic mass is 9.94. The van der Waals surface area contributed by atoms with Crippen molar-refractivity contribution in [3.05, 3.63) is 0 Å². The summed E-state index contributed by atoms with van der Waals surface area (Å²) >= 11 is 0. The summed E-state index contributed by atoms with van der Waals surface area (Å²) in [6.07, 6.45) is 8.42. The quantitative estimate of drug-likeness (QED) is 0.528. The van der Waals surface area contributed by atoms with E-state index in [9.17, 15) is 0 Å². The van der Waals surface area contributed by atoms with Crippen LogP contribution in [0.2, 0.25) is 0 Å². The first kappa shape index (κ1) is 13.9. The molecule has 2 atom stereocenters. The topological polar surface area (TPSA) is 92.5 Å². The molecule has 0 bridgehead atoms. The predicted octanol–water partition coefficient (Wildman–Crippen LogP) is 0.499. The van der Waals surface area contributed by atoms with Gasteiger partial charge in [0, 0.05) is 11.6 Å². The summed E-state index contributed by atoms with van der Waals surface area (Å²) in [4.78, 5) is 0. The van der Waals surface area contributed by atoms with Crippen molar-refractivity contribution in [2.75, 3.05) is 6.61 Å². The molecule has 2 rings (SSSR count). The van der Waals surface area contributed by atoms with E-state index in [0.29, 0.717) is 0 Å². The highest BCUT2D eigenvalue weighted by Crippen LogP contribution is 2.25. The second-order valence-electron chi connectivity index (χ2n) is 5.24. The molecule has 4 heteroatoms. The summed E-state index contributed by atoms with van der Waals surface area (Å²) < 4.78 is 0. The van der Waals surface area contributed by atoms with E-state index in [-0.39, 0.29) is 24.3 Å². The Morgan fingerprint density at radius 1 is 1.06 bits per heavy atom. The predicted molar refractivity (Wildman–Crippen MR) is 64.9 cm³/mol. The summed E-state index contributed by atoms with van der Waals surface area (Å²) in [5.74, 6) is 0. The molecule has 2 fully saturated rings. The molecule has 0 saturated heterocycles. The van der Waals surface area contributed by atoms with Crippen molar-refractivity contribution in [1.82, 2.24) is 0 Å². The van der Waals surface area contributed by atoms with Crippen LogP contribution in [0, 0.1) is 0 Å². The van der Waals surface area contributed by atoms with Gasteiger partial charge in [-0.1, -0.05) is 25.7 Å². The fourth-order valence-corrected chi connectivity index (χ4v) is 2.38. The Labute approximate surface area is 98.0 Å². The molecule has 0 aromatic rings. The monoisotopic (exact) mass is 230 g/mol. The lowest BCUT2D eigenvalue weighted by molar-refractivity contribution is 0.108. The minimum absolute atomic E-state index is 0.0590. The molecule has 96 valence electrons. The van der Waals surface area contributed by atoms with Crippen molar-refractivity contribution >= 4 is 0 Å². The van der Waals surface area contributed by atoms with Gasteiger partial charge in [0.1, 0.15) is 0 Å². The molecule has 0 unspecified atom stereocenters. The molecule has 2 aliphatic rings. The van der Waals surface area contributed by atoms with Crippen LogP contribution in [-0.4, -0.2) is 34.5 Å². The summed E-state index contributed by atoms with van der Waals surface area (Å²) in [5, 5.41) is 17.8. The van der Waals surface area contributed by atoms with E-state index in [1.54, 1.807) is 0 Å². The van der Waals surface area contributed by atoms with E-state index in [0.717, 1.165) is 32.1 Å². The van der Waals surface area contributed by atoms with Crippen LogP contribution in [0.3, 0.4) is 0 Å². The minimum atomic E-state index is -0.219. The summed E-state index contributed by atoms with van der Waals surface area (Å²) in [5.41, 5.74) is 11.0. The second kappa shape index (κ2) is 6.55. The van der Waals surface area contributed by atoms with Gasteiger partial charge >= 0.3 is 0 Å². The van der Waals surface area contributed by atoms with Gasteiger partial charge < -0.3 is 21.7 Å². The van der Waals surface area contributed by atoms with Crippen molar-refractivity contribution in [2.45, 2.75) is 69.1 Å². The third kappa shape index (κ3) is 4.37. The van der Waals surface area contributed by atoms with E-state index < -0.39 is 0 Å². The summed E-state index contributed by atoms with van der Waals surface area (Å²) in [6.45, 7) is 0.160. The molecule has 4 nitrogen and oxygen atoms in total. The zero-order valence-electron chi connectivity index (χ0n) is 10.1. The molecule has 0 aliphatic heterocycles. The van der Waals surface area contributed by atoms with Gasteiger partial charge in [0.2, 0.25) is 0 Å². The Morgan fingerprint density at radius 2 is 1.62 bits per heavy atom. The number of hydrogen-bond acceptors (Lipinski definition) is 4. The van der Waals surface area contributed by atoms with Crippen LogP contribution in [0.25, 0.3) is 0 Å². The molecule has 2 saturated carbocycles. The Morgan fingerprint density at radius 3 is 1.94 bits per heavy atom. The van der Waals surface area contributed by atoms with Crippen molar-refractivity contribution in [3.63, 3.8) is 0 Å². The highest BCUT2D eigenvalue weighted by Gasteiger charge is 2.27. The molecule has 0 heterocycles. The standard InChI is InChI=1S/2C6H13NO/c7-6(5-8)3-1-2-4-6;7-5-3-1-2-4-6(5)8/h8H,1-5,7H2;5-6,8H,1-4,7H2/t;5-,6-/m.0/s1. The van der Waals surface area contributed by atoms with Crippen LogP contribution >= 0.6 is 0 Å².